The minimum atomic E-state index is -1.45. The maximum absolute atomic E-state index is 14.0. The summed E-state index contributed by atoms with van der Waals surface area (Å²) in [6.45, 7) is 9.61. The average molecular weight is 825 g/mol. The first-order valence-corrected chi connectivity index (χ1v) is 20.3. The molecular formula is C43H56N2O14. The van der Waals surface area contributed by atoms with Crippen LogP contribution in [-0.2, 0) is 52.4 Å². The highest BCUT2D eigenvalue weighted by atomic mass is 16.8. The largest absolute Gasteiger partial charge is 0.462 e. The zero-order valence-corrected chi connectivity index (χ0v) is 34.4. The van der Waals surface area contributed by atoms with Crippen LogP contribution in [0.4, 0.5) is 0 Å². The third-order valence-electron chi connectivity index (χ3n) is 11.0. The molecule has 0 radical (unpaired) electrons. The quantitative estimate of drug-likeness (QED) is 0.107. The molecule has 2 saturated heterocycles. The normalized spacial score (nSPS) is 26.1. The van der Waals surface area contributed by atoms with Crippen molar-refractivity contribution in [3.63, 3.8) is 0 Å². The number of nitrogens with one attached hydrogen (secondary N) is 2. The van der Waals surface area contributed by atoms with Gasteiger partial charge in [-0.2, -0.15) is 0 Å². The zero-order valence-electron chi connectivity index (χ0n) is 34.4. The minimum Gasteiger partial charge on any atom is -0.462 e. The molecule has 0 bridgehead atoms. The summed E-state index contributed by atoms with van der Waals surface area (Å²) in [6, 6.07) is 4.12. The number of esters is 4. The summed E-state index contributed by atoms with van der Waals surface area (Å²) < 4.78 is 35.2. The van der Waals surface area contributed by atoms with E-state index < -0.39 is 102 Å². The molecule has 4 fully saturated rings. The molecule has 2 saturated carbocycles. The fourth-order valence-corrected chi connectivity index (χ4v) is 7.67. The van der Waals surface area contributed by atoms with Crippen molar-refractivity contribution in [2.75, 3.05) is 13.2 Å². The fourth-order valence-electron chi connectivity index (χ4n) is 7.67. The Morgan fingerprint density at radius 3 is 2.27 bits per heavy atom. The van der Waals surface area contributed by atoms with E-state index in [1.807, 2.05) is 0 Å². The first kappa shape index (κ1) is 43.9. The van der Waals surface area contributed by atoms with Crippen LogP contribution in [0, 0.1) is 17.3 Å². The molecule has 0 spiro atoms. The Morgan fingerprint density at radius 2 is 1.68 bits per heavy atom. The van der Waals surface area contributed by atoms with Crippen LogP contribution in [0.5, 0.6) is 0 Å². The Morgan fingerprint density at radius 1 is 1.00 bits per heavy atom. The van der Waals surface area contributed by atoms with Crippen LogP contribution in [0.25, 0.3) is 6.08 Å². The van der Waals surface area contributed by atoms with Gasteiger partial charge in [-0.1, -0.05) is 32.0 Å². The number of hydrogen-bond acceptors (Lipinski definition) is 14. The number of cyclic esters (lactones) is 1. The molecule has 0 unspecified atom stereocenters. The molecule has 2 heterocycles. The number of carbonyl (C=O) groups excluding carboxylic acids is 6. The van der Waals surface area contributed by atoms with Crippen molar-refractivity contribution >= 4 is 41.8 Å². The number of hydrogen-bond donors (Lipinski definition) is 4. The van der Waals surface area contributed by atoms with Crippen LogP contribution < -0.4 is 10.6 Å². The van der Waals surface area contributed by atoms with Gasteiger partial charge >= 0.3 is 23.9 Å². The molecule has 2 amide bonds. The van der Waals surface area contributed by atoms with Gasteiger partial charge < -0.3 is 49.3 Å². The van der Waals surface area contributed by atoms with E-state index in [2.05, 4.69) is 10.6 Å². The third kappa shape index (κ3) is 10.6. The van der Waals surface area contributed by atoms with Crippen molar-refractivity contribution in [3.05, 3.63) is 53.1 Å². The van der Waals surface area contributed by atoms with E-state index in [0.717, 1.165) is 31.8 Å². The minimum absolute atomic E-state index is 0.0538. The Labute approximate surface area is 343 Å². The predicted molar refractivity (Wildman–Crippen MR) is 208 cm³/mol. The molecule has 5 aliphatic rings. The van der Waals surface area contributed by atoms with E-state index in [1.54, 1.807) is 58.9 Å². The standard InChI is InChI=1S/C43H56N2O14/c1-23(47)34(38(51)44-28(21-46)16-18-33(49)58-41(2,3)4)45-37(50)25-19-30(35-31(20-25)57-43(59-35,26-12-13-26)27-14-15-27)55-39(52)29-10-8-7-9-24(29)11-17-32(48)56-36-40(53)54-22-42(36,5)6/h7-11,17,20,23,26-28,30-31,34-36,46-47H,12-16,18-19,21-22H2,1-6H3,(H,44,51)(H,45,50)/t23-,28-,30+,31+,34+,35-,36-/m0/s1. The van der Waals surface area contributed by atoms with E-state index in [9.17, 15) is 39.0 Å². The highest BCUT2D eigenvalue weighted by Gasteiger charge is 2.64. The topological polar surface area (TPSA) is 222 Å². The van der Waals surface area contributed by atoms with Crippen LogP contribution in [0.2, 0.25) is 0 Å². The Balaban J connectivity index is 1.17. The van der Waals surface area contributed by atoms with E-state index in [4.69, 9.17) is 28.4 Å². The second kappa shape index (κ2) is 17.5. The first-order valence-electron chi connectivity index (χ1n) is 20.3. The Hall–Kier alpha value is -4.64. The van der Waals surface area contributed by atoms with Crippen molar-refractivity contribution in [3.8, 4) is 0 Å². The monoisotopic (exact) mass is 824 g/mol. The lowest BCUT2D eigenvalue weighted by Gasteiger charge is -2.32. The van der Waals surface area contributed by atoms with Gasteiger partial charge in [-0.15, -0.1) is 0 Å². The van der Waals surface area contributed by atoms with E-state index in [0.29, 0.717) is 5.56 Å². The predicted octanol–water partition coefficient (Wildman–Crippen LogP) is 2.82. The van der Waals surface area contributed by atoms with Gasteiger partial charge in [-0.25, -0.2) is 14.4 Å². The second-order valence-corrected chi connectivity index (χ2v) is 17.8. The number of carbonyl (C=O) groups is 6. The van der Waals surface area contributed by atoms with Gasteiger partial charge in [0.05, 0.1) is 24.3 Å². The number of fused-ring (bicyclic) bond motifs is 1. The van der Waals surface area contributed by atoms with Gasteiger partial charge in [0, 0.05) is 41.7 Å². The van der Waals surface area contributed by atoms with E-state index in [1.165, 1.54) is 19.1 Å². The van der Waals surface area contributed by atoms with E-state index in [-0.39, 0.29) is 48.8 Å². The SMILES string of the molecule is C[C@H](O)[C@@H](NC(=O)C1=C[C@H]2OC(C3CC3)(C3CC3)O[C@H]2[C@H](OC(=O)c2ccccc2C=CC(=O)O[C@H]2C(=O)OCC2(C)C)C1)C(=O)N[C@H](CO)CCC(=O)OC(C)(C)C. The van der Waals surface area contributed by atoms with Crippen LogP contribution in [0.15, 0.2) is 42.0 Å². The summed E-state index contributed by atoms with van der Waals surface area (Å²) in [5.74, 6) is -4.77. The number of aliphatic hydroxyl groups is 2. The lowest BCUT2D eigenvalue weighted by molar-refractivity contribution is -0.209. The Kier molecular flexibility index (Phi) is 13.0. The summed E-state index contributed by atoms with van der Waals surface area (Å²) >= 11 is 0. The molecule has 16 nitrogen and oxygen atoms in total. The maximum Gasteiger partial charge on any atom is 0.348 e. The molecule has 1 aromatic carbocycles. The van der Waals surface area contributed by atoms with Crippen LogP contribution in [0.3, 0.4) is 0 Å². The van der Waals surface area contributed by atoms with Crippen LogP contribution in [0.1, 0.15) is 102 Å². The van der Waals surface area contributed by atoms with Crippen molar-refractivity contribution in [2.45, 2.75) is 140 Å². The third-order valence-corrected chi connectivity index (χ3v) is 11.0. The molecule has 59 heavy (non-hydrogen) atoms. The maximum atomic E-state index is 14.0. The summed E-state index contributed by atoms with van der Waals surface area (Å²) in [5.41, 5.74) is -0.831. The molecular weight excluding hydrogens is 768 g/mol. The average Bonchev–Trinajstić information content (AvgIpc) is 4.12. The van der Waals surface area contributed by atoms with Gasteiger partial charge in [-0.05, 0) is 83.6 Å². The number of aliphatic hydroxyl groups excluding tert-OH is 2. The van der Waals surface area contributed by atoms with Gasteiger partial charge in [0.2, 0.25) is 17.9 Å². The molecule has 4 N–H and O–H groups in total. The molecule has 3 aliphatic carbocycles. The highest BCUT2D eigenvalue weighted by molar-refractivity contribution is 5.98. The first-order chi connectivity index (χ1) is 27.8. The van der Waals surface area contributed by atoms with Gasteiger partial charge in [-0.3, -0.25) is 14.4 Å². The van der Waals surface area contributed by atoms with E-state index >= 15 is 0 Å². The van der Waals surface area contributed by atoms with Crippen LogP contribution in [-0.4, -0.2) is 113 Å². The van der Waals surface area contributed by atoms with Crippen molar-refractivity contribution < 1.29 is 67.4 Å². The summed E-state index contributed by atoms with van der Waals surface area (Å²) in [7, 11) is 0. The highest BCUT2D eigenvalue weighted by Crippen LogP contribution is 2.59. The van der Waals surface area contributed by atoms with Crippen LogP contribution >= 0.6 is 0 Å². The lowest BCUT2D eigenvalue weighted by atomic mass is 9.90. The number of ether oxygens (including phenoxy) is 6. The molecule has 1 aromatic rings. The zero-order chi connectivity index (χ0) is 42.9. The number of benzene rings is 1. The van der Waals surface area contributed by atoms with Gasteiger partial charge in [0.25, 0.3) is 0 Å². The molecule has 7 atom stereocenters. The lowest BCUT2D eigenvalue weighted by Crippen LogP contribution is -2.55. The summed E-state index contributed by atoms with van der Waals surface area (Å²) in [5, 5.41) is 25.8. The van der Waals surface area contributed by atoms with Gasteiger partial charge in [0.1, 0.15) is 36.6 Å². The Bertz CT molecular complexity index is 1840. The summed E-state index contributed by atoms with van der Waals surface area (Å²) in [6.07, 6.45) is 2.64. The molecule has 2 aliphatic heterocycles. The molecule has 16 heteroatoms. The molecule has 6 rings (SSSR count). The second-order valence-electron chi connectivity index (χ2n) is 17.8. The number of rotatable bonds is 16. The smallest absolute Gasteiger partial charge is 0.348 e. The van der Waals surface area contributed by atoms with Crippen molar-refractivity contribution in [1.29, 1.82) is 0 Å². The molecule has 0 aromatic heterocycles. The molecule has 322 valence electrons. The van der Waals surface area contributed by atoms with Gasteiger partial charge in [0.15, 0.2) is 5.79 Å². The number of amides is 2. The fraction of sp³-hybridized carbons (Fsp3) is 0.628. The van der Waals surface area contributed by atoms with Crippen molar-refractivity contribution in [2.24, 2.45) is 17.3 Å². The summed E-state index contributed by atoms with van der Waals surface area (Å²) in [4.78, 5) is 78.5. The van der Waals surface area contributed by atoms with Crippen molar-refractivity contribution in [1.82, 2.24) is 10.6 Å².